The molecule has 0 bridgehead atoms. The Kier molecular flexibility index (Phi) is 5.32. The number of benzene rings is 3. The third-order valence-electron chi connectivity index (χ3n) is 5.48. The second-order valence-electron chi connectivity index (χ2n) is 7.64. The number of aromatic nitrogens is 2. The van der Waals surface area contributed by atoms with Crippen molar-refractivity contribution < 1.29 is 19.1 Å². The Bertz CT molecular complexity index is 1480. The quantitative estimate of drug-likeness (QED) is 0.367. The van der Waals surface area contributed by atoms with E-state index >= 15 is 0 Å². The van der Waals surface area contributed by atoms with Gasteiger partial charge in [-0.2, -0.15) is 5.10 Å². The van der Waals surface area contributed by atoms with E-state index in [-0.39, 0.29) is 18.0 Å². The van der Waals surface area contributed by atoms with E-state index in [0.717, 1.165) is 21.9 Å². The molecular formula is C25H18ClN3O4. The smallest absolute Gasteiger partial charge is 0.335 e. The number of nitrogens with one attached hydrogen (secondary N) is 1. The fraction of sp³-hybridized carbons (Fsp3) is 0.0800. The Labute approximate surface area is 193 Å². The summed E-state index contributed by atoms with van der Waals surface area (Å²) in [7, 11) is 0. The van der Waals surface area contributed by atoms with Crippen LogP contribution in [0.2, 0.25) is 5.02 Å². The van der Waals surface area contributed by atoms with Gasteiger partial charge < -0.3 is 14.8 Å². The minimum atomic E-state index is -0.990. The second kappa shape index (κ2) is 8.44. The van der Waals surface area contributed by atoms with E-state index in [4.69, 9.17) is 21.1 Å². The van der Waals surface area contributed by atoms with Gasteiger partial charge in [-0.1, -0.05) is 35.9 Å². The first-order chi connectivity index (χ1) is 16.0. The van der Waals surface area contributed by atoms with Gasteiger partial charge in [-0.3, -0.25) is 9.48 Å². The third kappa shape index (κ3) is 4.06. The Morgan fingerprint density at radius 2 is 1.76 bits per heavy atom. The number of nitrogens with zero attached hydrogens (tertiary/aromatic N) is 2. The summed E-state index contributed by atoms with van der Waals surface area (Å²) in [5, 5.41) is 18.7. The van der Waals surface area contributed by atoms with Crippen LogP contribution in [0.25, 0.3) is 21.9 Å². The van der Waals surface area contributed by atoms with Crippen LogP contribution < -0.4 is 5.32 Å². The summed E-state index contributed by atoms with van der Waals surface area (Å²) in [6, 6.07) is 17.5. The number of rotatable bonds is 6. The number of aromatic carboxylic acids is 1. The number of carbonyl (C=O) groups is 2. The van der Waals surface area contributed by atoms with Crippen LogP contribution in [0.4, 0.5) is 0 Å². The fourth-order valence-electron chi connectivity index (χ4n) is 3.81. The van der Waals surface area contributed by atoms with Gasteiger partial charge >= 0.3 is 5.97 Å². The first-order valence-electron chi connectivity index (χ1n) is 10.2. The van der Waals surface area contributed by atoms with Gasteiger partial charge in [0.15, 0.2) is 0 Å². The van der Waals surface area contributed by atoms with Crippen LogP contribution in [0, 0.1) is 0 Å². The highest BCUT2D eigenvalue weighted by atomic mass is 35.5. The van der Waals surface area contributed by atoms with Crippen molar-refractivity contribution in [3.63, 3.8) is 0 Å². The van der Waals surface area contributed by atoms with E-state index in [1.165, 1.54) is 12.1 Å². The maximum atomic E-state index is 13.2. The number of carboxylic acids is 1. The van der Waals surface area contributed by atoms with E-state index in [1.54, 1.807) is 35.3 Å². The standard InChI is InChI=1S/C25H18ClN3O4/c26-19-7-3-16(4-8-19)14-29-22-20(11-18-9-10-33-23(18)21(22)13-28-29)24(30)27-12-15-1-5-17(6-2-15)25(31)32/h1-11,13H,12,14H2,(H,27,30)(H,31,32). The molecule has 0 radical (unpaired) electrons. The Morgan fingerprint density at radius 1 is 1.03 bits per heavy atom. The van der Waals surface area contributed by atoms with Crippen LogP contribution in [-0.2, 0) is 13.1 Å². The van der Waals surface area contributed by atoms with E-state index in [2.05, 4.69) is 10.4 Å². The Morgan fingerprint density at radius 3 is 2.48 bits per heavy atom. The summed E-state index contributed by atoms with van der Waals surface area (Å²) in [5.74, 6) is -1.25. The molecular weight excluding hydrogens is 442 g/mol. The van der Waals surface area contributed by atoms with Gasteiger partial charge in [-0.05, 0) is 47.5 Å². The number of carboxylic acid groups (broad SMARTS) is 1. The number of amides is 1. The van der Waals surface area contributed by atoms with Gasteiger partial charge in [0.2, 0.25) is 0 Å². The molecule has 3 aromatic carbocycles. The highest BCUT2D eigenvalue weighted by Gasteiger charge is 2.19. The van der Waals surface area contributed by atoms with Crippen molar-refractivity contribution in [2.24, 2.45) is 0 Å². The van der Waals surface area contributed by atoms with Gasteiger partial charge in [-0.25, -0.2) is 4.79 Å². The molecule has 0 atom stereocenters. The lowest BCUT2D eigenvalue weighted by atomic mass is 10.1. The van der Waals surface area contributed by atoms with Gasteiger partial charge in [0.05, 0.1) is 41.0 Å². The molecule has 7 nitrogen and oxygen atoms in total. The zero-order valence-electron chi connectivity index (χ0n) is 17.3. The van der Waals surface area contributed by atoms with Crippen molar-refractivity contribution in [3.05, 3.63) is 100 Å². The highest BCUT2D eigenvalue weighted by Crippen LogP contribution is 2.30. The molecule has 5 rings (SSSR count). The molecule has 1 amide bonds. The zero-order chi connectivity index (χ0) is 22.9. The Balaban J connectivity index is 1.48. The second-order valence-corrected chi connectivity index (χ2v) is 8.08. The number of hydrogen-bond acceptors (Lipinski definition) is 4. The molecule has 0 aliphatic heterocycles. The molecule has 0 saturated heterocycles. The molecule has 0 saturated carbocycles. The summed E-state index contributed by atoms with van der Waals surface area (Å²) in [6.45, 7) is 0.721. The summed E-state index contributed by atoms with van der Waals surface area (Å²) >= 11 is 6.00. The molecule has 8 heteroatoms. The molecule has 2 N–H and O–H groups in total. The van der Waals surface area contributed by atoms with Crippen LogP contribution >= 0.6 is 11.6 Å². The predicted octanol–water partition coefficient (Wildman–Crippen LogP) is 5.11. The molecule has 0 fully saturated rings. The minimum absolute atomic E-state index is 0.197. The first kappa shape index (κ1) is 20.8. The molecule has 0 unspecified atom stereocenters. The average molecular weight is 460 g/mol. The highest BCUT2D eigenvalue weighted by molar-refractivity contribution is 6.30. The van der Waals surface area contributed by atoms with Gasteiger partial charge in [0.1, 0.15) is 5.58 Å². The number of hydrogen-bond donors (Lipinski definition) is 2. The molecule has 0 spiro atoms. The normalized spacial score (nSPS) is 11.2. The van der Waals surface area contributed by atoms with Crippen LogP contribution in [0.5, 0.6) is 0 Å². The zero-order valence-corrected chi connectivity index (χ0v) is 18.0. The van der Waals surface area contributed by atoms with E-state index < -0.39 is 5.97 Å². The van der Waals surface area contributed by atoms with Crippen molar-refractivity contribution in [2.75, 3.05) is 0 Å². The summed E-state index contributed by atoms with van der Waals surface area (Å²) in [5.41, 5.74) is 3.81. The van der Waals surface area contributed by atoms with Crippen molar-refractivity contribution >= 4 is 45.3 Å². The topological polar surface area (TPSA) is 97.4 Å². The molecule has 0 aliphatic carbocycles. The van der Waals surface area contributed by atoms with Crippen LogP contribution in [-0.4, -0.2) is 26.8 Å². The van der Waals surface area contributed by atoms with Crippen LogP contribution in [0.1, 0.15) is 31.8 Å². The van der Waals surface area contributed by atoms with Gasteiger partial charge in [0, 0.05) is 17.0 Å². The largest absolute Gasteiger partial charge is 0.478 e. The first-order valence-corrected chi connectivity index (χ1v) is 10.6. The number of furan rings is 1. The van der Waals surface area contributed by atoms with Crippen molar-refractivity contribution in [1.82, 2.24) is 15.1 Å². The maximum Gasteiger partial charge on any atom is 0.335 e. The van der Waals surface area contributed by atoms with E-state index in [0.29, 0.717) is 28.2 Å². The summed E-state index contributed by atoms with van der Waals surface area (Å²) < 4.78 is 7.43. The molecule has 2 heterocycles. The van der Waals surface area contributed by atoms with Crippen molar-refractivity contribution in [1.29, 1.82) is 0 Å². The minimum Gasteiger partial charge on any atom is -0.478 e. The van der Waals surface area contributed by atoms with Crippen molar-refractivity contribution in [2.45, 2.75) is 13.1 Å². The lowest BCUT2D eigenvalue weighted by molar-refractivity contribution is 0.0696. The number of fused-ring (bicyclic) bond motifs is 3. The van der Waals surface area contributed by atoms with Gasteiger partial charge in [0.25, 0.3) is 5.91 Å². The molecule has 33 heavy (non-hydrogen) atoms. The molecule has 5 aromatic rings. The number of halogens is 1. The lowest BCUT2D eigenvalue weighted by Crippen LogP contribution is -2.23. The van der Waals surface area contributed by atoms with E-state index in [9.17, 15) is 9.59 Å². The van der Waals surface area contributed by atoms with E-state index in [1.807, 2.05) is 30.3 Å². The van der Waals surface area contributed by atoms with Crippen LogP contribution in [0.3, 0.4) is 0 Å². The lowest BCUT2D eigenvalue weighted by Gasteiger charge is -2.11. The average Bonchev–Trinajstić information content (AvgIpc) is 3.45. The maximum absolute atomic E-state index is 13.2. The fourth-order valence-corrected chi connectivity index (χ4v) is 3.94. The van der Waals surface area contributed by atoms with Crippen LogP contribution in [0.15, 0.2) is 77.5 Å². The van der Waals surface area contributed by atoms with Crippen molar-refractivity contribution in [3.8, 4) is 0 Å². The summed E-state index contributed by atoms with van der Waals surface area (Å²) in [4.78, 5) is 24.3. The molecule has 0 aliphatic rings. The monoisotopic (exact) mass is 459 g/mol. The molecule has 164 valence electrons. The predicted molar refractivity (Wildman–Crippen MR) is 125 cm³/mol. The number of carbonyl (C=O) groups excluding carboxylic acids is 1. The summed E-state index contributed by atoms with van der Waals surface area (Å²) in [6.07, 6.45) is 3.30. The third-order valence-corrected chi connectivity index (χ3v) is 5.73. The van der Waals surface area contributed by atoms with Gasteiger partial charge in [-0.15, -0.1) is 0 Å². The Hall–Kier alpha value is -4.10. The SMILES string of the molecule is O=C(O)c1ccc(CNC(=O)c2cc3ccoc3c3cnn(Cc4ccc(Cl)cc4)c23)cc1. The molecule has 2 aromatic heterocycles.